The Morgan fingerprint density at radius 2 is 2.20 bits per heavy atom. The van der Waals surface area contributed by atoms with Gasteiger partial charge in [0.15, 0.2) is 0 Å². The summed E-state index contributed by atoms with van der Waals surface area (Å²) in [5.74, 6) is -0.304. The van der Waals surface area contributed by atoms with Gasteiger partial charge in [-0.25, -0.2) is 4.39 Å². The first-order chi connectivity index (χ1) is 4.74. The van der Waals surface area contributed by atoms with Crippen molar-refractivity contribution in [3.63, 3.8) is 0 Å². The van der Waals surface area contributed by atoms with Crippen LogP contribution >= 0.6 is 11.6 Å². The predicted molar refractivity (Wildman–Crippen MR) is 40.5 cm³/mol. The molecule has 0 saturated heterocycles. The van der Waals surface area contributed by atoms with Crippen molar-refractivity contribution in [1.29, 1.82) is 0 Å². The average Bonchev–Trinajstić information content (AvgIpc) is 1.88. The molecule has 53 valence electrons. The summed E-state index contributed by atoms with van der Waals surface area (Å²) < 4.78 is 12.4. The van der Waals surface area contributed by atoms with Gasteiger partial charge in [0.2, 0.25) is 0 Å². The third-order valence-corrected chi connectivity index (χ3v) is 1.64. The van der Waals surface area contributed by atoms with Crippen LogP contribution in [0, 0.1) is 12.7 Å². The van der Waals surface area contributed by atoms with E-state index in [9.17, 15) is 4.39 Å². The lowest BCUT2D eigenvalue weighted by molar-refractivity contribution is 0.627. The molecule has 0 heterocycles. The van der Waals surface area contributed by atoms with Gasteiger partial charge in [-0.3, -0.25) is 0 Å². The molecule has 0 bridgehead atoms. The summed E-state index contributed by atoms with van der Waals surface area (Å²) in [6.45, 7) is 3.64. The van der Waals surface area contributed by atoms with Crippen LogP contribution in [0.5, 0.6) is 0 Å². The monoisotopic (exact) mass is 157 g/mol. The zero-order chi connectivity index (χ0) is 7.56. The van der Waals surface area contributed by atoms with Crippen LogP contribution in [-0.4, -0.2) is 0 Å². The van der Waals surface area contributed by atoms with Crippen LogP contribution in [0.4, 0.5) is 4.39 Å². The van der Waals surface area contributed by atoms with Crippen molar-refractivity contribution in [3.05, 3.63) is 41.5 Å². The van der Waals surface area contributed by atoms with Gasteiger partial charge >= 0.3 is 0 Å². The van der Waals surface area contributed by atoms with Gasteiger partial charge in [0, 0.05) is 5.02 Å². The van der Waals surface area contributed by atoms with Crippen molar-refractivity contribution in [1.82, 2.24) is 0 Å². The molecular weight excluding hydrogens is 151 g/mol. The second kappa shape index (κ2) is 3.02. The molecule has 0 aliphatic rings. The van der Waals surface area contributed by atoms with Crippen molar-refractivity contribution < 1.29 is 4.39 Å². The van der Waals surface area contributed by atoms with Crippen molar-refractivity contribution in [2.45, 2.75) is 6.42 Å². The third kappa shape index (κ3) is 1.48. The van der Waals surface area contributed by atoms with E-state index in [1.807, 2.05) is 0 Å². The summed E-state index contributed by atoms with van der Waals surface area (Å²) in [4.78, 5) is 0. The molecule has 0 nitrogen and oxygen atoms in total. The fourth-order valence-corrected chi connectivity index (χ4v) is 0.986. The molecular formula is C8H7ClF. The maximum atomic E-state index is 12.4. The molecule has 0 N–H and O–H groups in total. The molecule has 0 atom stereocenters. The minimum absolute atomic E-state index is 0.304. The summed E-state index contributed by atoms with van der Waals surface area (Å²) in [5.41, 5.74) is 0.878. The molecule has 1 radical (unpaired) electrons. The Morgan fingerprint density at radius 3 is 2.70 bits per heavy atom. The van der Waals surface area contributed by atoms with Gasteiger partial charge in [0.25, 0.3) is 0 Å². The maximum Gasteiger partial charge on any atom is 0.124 e. The lowest BCUT2D eigenvalue weighted by Gasteiger charge is -1.98. The first-order valence-electron chi connectivity index (χ1n) is 2.97. The van der Waals surface area contributed by atoms with E-state index in [1.54, 1.807) is 6.07 Å². The van der Waals surface area contributed by atoms with Crippen LogP contribution in [0.25, 0.3) is 0 Å². The molecule has 2 heteroatoms. The van der Waals surface area contributed by atoms with E-state index in [-0.39, 0.29) is 5.82 Å². The summed E-state index contributed by atoms with van der Waals surface area (Å²) in [6.07, 6.45) is 0.596. The summed E-state index contributed by atoms with van der Waals surface area (Å²) in [5, 5.41) is 0.454. The highest BCUT2D eigenvalue weighted by Gasteiger charge is 1.97. The lowest BCUT2D eigenvalue weighted by atomic mass is 10.2. The number of benzene rings is 1. The summed E-state index contributed by atoms with van der Waals surface area (Å²) in [7, 11) is 0. The second-order valence-electron chi connectivity index (χ2n) is 1.99. The van der Waals surface area contributed by atoms with Crippen molar-refractivity contribution in [2.75, 3.05) is 0 Å². The highest BCUT2D eigenvalue weighted by molar-refractivity contribution is 6.31. The van der Waals surface area contributed by atoms with E-state index >= 15 is 0 Å². The van der Waals surface area contributed by atoms with Crippen LogP contribution in [0.2, 0.25) is 5.02 Å². The Bertz CT molecular complexity index is 233. The van der Waals surface area contributed by atoms with Crippen LogP contribution in [-0.2, 0) is 6.42 Å². The van der Waals surface area contributed by atoms with E-state index < -0.39 is 0 Å². The smallest absolute Gasteiger partial charge is 0.124 e. The lowest BCUT2D eigenvalue weighted by Crippen LogP contribution is -1.82. The van der Waals surface area contributed by atoms with Crippen LogP contribution < -0.4 is 0 Å². The molecule has 0 aliphatic carbocycles. The van der Waals surface area contributed by atoms with Gasteiger partial charge in [-0.1, -0.05) is 17.7 Å². The summed E-state index contributed by atoms with van der Waals surface area (Å²) in [6, 6.07) is 4.32. The van der Waals surface area contributed by atoms with Crippen LogP contribution in [0.1, 0.15) is 5.56 Å². The molecule has 0 amide bonds. The van der Waals surface area contributed by atoms with Crippen molar-refractivity contribution in [3.8, 4) is 0 Å². The molecule has 1 rings (SSSR count). The number of halogens is 2. The van der Waals surface area contributed by atoms with E-state index in [1.165, 1.54) is 12.1 Å². The van der Waals surface area contributed by atoms with Gasteiger partial charge in [-0.15, -0.1) is 0 Å². The summed E-state index contributed by atoms with van der Waals surface area (Å²) >= 11 is 5.65. The van der Waals surface area contributed by atoms with E-state index in [4.69, 9.17) is 11.6 Å². The molecule has 0 unspecified atom stereocenters. The van der Waals surface area contributed by atoms with Gasteiger partial charge in [-0.05, 0) is 31.0 Å². The zero-order valence-electron chi connectivity index (χ0n) is 5.40. The normalized spacial score (nSPS) is 9.90. The molecule has 0 fully saturated rings. The average molecular weight is 158 g/mol. The number of hydrogen-bond donors (Lipinski definition) is 0. The Balaban J connectivity index is 3.07. The zero-order valence-corrected chi connectivity index (χ0v) is 6.16. The topological polar surface area (TPSA) is 0 Å². The van der Waals surface area contributed by atoms with Crippen molar-refractivity contribution >= 4 is 11.6 Å². The first kappa shape index (κ1) is 7.55. The molecule has 0 spiro atoms. The third-order valence-electron chi connectivity index (χ3n) is 1.28. The molecule has 10 heavy (non-hydrogen) atoms. The Hall–Kier alpha value is -0.560. The highest BCUT2D eigenvalue weighted by atomic mass is 35.5. The van der Waals surface area contributed by atoms with Gasteiger partial charge < -0.3 is 0 Å². The Kier molecular flexibility index (Phi) is 2.28. The largest absolute Gasteiger partial charge is 0.207 e. The van der Waals surface area contributed by atoms with Gasteiger partial charge in [0.05, 0.1) is 0 Å². The molecule has 0 saturated carbocycles. The number of hydrogen-bond acceptors (Lipinski definition) is 0. The van der Waals surface area contributed by atoms with E-state index in [2.05, 4.69) is 6.92 Å². The fourth-order valence-electron chi connectivity index (χ4n) is 0.724. The standard InChI is InChI=1S/C8H7ClF/c1-2-6-3-4-7(10)5-8(6)9/h3-5H,1-2H2. The van der Waals surface area contributed by atoms with E-state index in [0.717, 1.165) is 5.56 Å². The molecule has 1 aromatic rings. The molecule has 0 aliphatic heterocycles. The molecule has 0 aromatic heterocycles. The minimum Gasteiger partial charge on any atom is -0.207 e. The quantitative estimate of drug-likeness (QED) is 0.588. The van der Waals surface area contributed by atoms with Crippen LogP contribution in [0.3, 0.4) is 0 Å². The SMILES string of the molecule is [CH2]Cc1ccc(F)cc1Cl. The maximum absolute atomic E-state index is 12.4. The van der Waals surface area contributed by atoms with Gasteiger partial charge in [0.1, 0.15) is 5.82 Å². The Morgan fingerprint density at radius 1 is 1.50 bits per heavy atom. The first-order valence-corrected chi connectivity index (χ1v) is 3.35. The van der Waals surface area contributed by atoms with Gasteiger partial charge in [-0.2, -0.15) is 0 Å². The molecule has 1 aromatic carbocycles. The number of rotatable bonds is 1. The van der Waals surface area contributed by atoms with Crippen LogP contribution in [0.15, 0.2) is 18.2 Å². The second-order valence-corrected chi connectivity index (χ2v) is 2.39. The predicted octanol–water partition coefficient (Wildman–Crippen LogP) is 2.86. The van der Waals surface area contributed by atoms with E-state index in [0.29, 0.717) is 11.4 Å². The minimum atomic E-state index is -0.304. The highest BCUT2D eigenvalue weighted by Crippen LogP contribution is 2.16. The fraction of sp³-hybridized carbons (Fsp3) is 0.125. The Labute approximate surface area is 64.6 Å². The van der Waals surface area contributed by atoms with Crippen molar-refractivity contribution in [2.24, 2.45) is 0 Å².